The molecule has 2 aliphatic heterocycles. The smallest absolute Gasteiger partial charge is 0.166 e. The number of fused-ring (bicyclic) bond motifs is 4. The third-order valence-electron chi connectivity index (χ3n) is 10.7. The van der Waals surface area contributed by atoms with Gasteiger partial charge < -0.3 is 19.1 Å². The highest BCUT2D eigenvalue weighted by atomic mass is 16.5. The largest absolute Gasteiger partial charge is 0.493 e. The Bertz CT molecular complexity index is 1640. The summed E-state index contributed by atoms with van der Waals surface area (Å²) in [6, 6.07) is 23.9. The van der Waals surface area contributed by atoms with Gasteiger partial charge in [-0.25, -0.2) is 0 Å². The van der Waals surface area contributed by atoms with Gasteiger partial charge in [0.25, 0.3) is 0 Å². The SMILES string of the molecule is COc1ccc2c3c1OC1c4c(c5ccccc5n4Cc4ccccc4)CC4(O)[C@@H](C2)N(CC2CC2)CC[C@]314. The van der Waals surface area contributed by atoms with Gasteiger partial charge in [0.05, 0.1) is 23.8 Å². The summed E-state index contributed by atoms with van der Waals surface area (Å²) >= 11 is 0. The monoisotopic (exact) mass is 518 g/mol. The number of benzene rings is 3. The number of para-hydroxylation sites is 1. The molecule has 0 amide bonds. The van der Waals surface area contributed by atoms with Crippen molar-refractivity contribution in [3.63, 3.8) is 0 Å². The highest BCUT2D eigenvalue weighted by Gasteiger charge is 2.73. The summed E-state index contributed by atoms with van der Waals surface area (Å²) in [6.45, 7) is 2.89. The molecular weight excluding hydrogens is 484 g/mol. The van der Waals surface area contributed by atoms with E-state index in [0.29, 0.717) is 6.42 Å². The van der Waals surface area contributed by atoms with E-state index in [2.05, 4.69) is 76.2 Å². The van der Waals surface area contributed by atoms with Crippen LogP contribution in [0.15, 0.2) is 66.7 Å². The number of piperidine rings is 1. The number of likely N-dealkylation sites (tertiary alicyclic amines) is 1. The fourth-order valence-electron chi connectivity index (χ4n) is 8.89. The number of nitrogens with zero attached hydrogens (tertiary/aromatic N) is 2. The zero-order chi connectivity index (χ0) is 25.9. The Balaban J connectivity index is 1.32. The van der Waals surface area contributed by atoms with Gasteiger partial charge in [-0.15, -0.1) is 0 Å². The van der Waals surface area contributed by atoms with E-state index in [9.17, 15) is 5.11 Å². The standard InChI is InChI=1S/C34H34N2O3/c1-38-27-14-13-23-17-28-34(37)18-25-24-9-5-6-10-26(24)36(20-21-7-3-2-4-8-21)30(25)32-33(34,29(23)31(27)39-32)15-16-35(28)19-22-11-12-22/h2-10,13-14,22,28,32,37H,11-12,15-20H2,1H3/t28-,32?,33+,34?/m1/s1. The molecule has 39 heavy (non-hydrogen) atoms. The van der Waals surface area contributed by atoms with E-state index in [4.69, 9.17) is 9.47 Å². The van der Waals surface area contributed by atoms with Crippen LogP contribution in [0.3, 0.4) is 0 Å². The minimum absolute atomic E-state index is 0.0918. The van der Waals surface area contributed by atoms with Crippen LogP contribution in [0.5, 0.6) is 11.5 Å². The van der Waals surface area contributed by atoms with Gasteiger partial charge in [-0.1, -0.05) is 54.6 Å². The Morgan fingerprint density at radius 1 is 1.03 bits per heavy atom. The minimum atomic E-state index is -0.899. The molecule has 0 radical (unpaired) electrons. The number of aliphatic hydroxyl groups is 1. The number of hydrogen-bond donors (Lipinski definition) is 1. The summed E-state index contributed by atoms with van der Waals surface area (Å²) in [5.74, 6) is 2.43. The first-order valence-corrected chi connectivity index (χ1v) is 14.6. The molecule has 2 unspecified atom stereocenters. The van der Waals surface area contributed by atoms with Gasteiger partial charge in [0.1, 0.15) is 0 Å². The zero-order valence-corrected chi connectivity index (χ0v) is 22.4. The summed E-state index contributed by atoms with van der Waals surface area (Å²) in [7, 11) is 1.73. The fraction of sp³-hybridized carbons (Fsp3) is 0.412. The molecule has 9 rings (SSSR count). The van der Waals surface area contributed by atoms with Crippen molar-refractivity contribution in [2.24, 2.45) is 5.92 Å². The van der Waals surface area contributed by atoms with Gasteiger partial charge in [-0.05, 0) is 67.0 Å². The van der Waals surface area contributed by atoms with Crippen molar-refractivity contribution in [1.29, 1.82) is 0 Å². The molecule has 5 nitrogen and oxygen atoms in total. The molecule has 4 atom stereocenters. The van der Waals surface area contributed by atoms with E-state index in [1.54, 1.807) is 7.11 Å². The van der Waals surface area contributed by atoms with Crippen molar-refractivity contribution in [2.45, 2.75) is 61.8 Å². The second-order valence-electron chi connectivity index (χ2n) is 12.6. The van der Waals surface area contributed by atoms with E-state index in [1.807, 2.05) is 0 Å². The van der Waals surface area contributed by atoms with Crippen molar-refractivity contribution in [2.75, 3.05) is 20.2 Å². The van der Waals surface area contributed by atoms with Crippen LogP contribution in [0.4, 0.5) is 0 Å². The summed E-state index contributed by atoms with van der Waals surface area (Å²) in [6.07, 6.45) is 4.83. The number of rotatable bonds is 5. The molecule has 1 aromatic heterocycles. The van der Waals surface area contributed by atoms with Gasteiger partial charge in [0, 0.05) is 42.0 Å². The Kier molecular flexibility index (Phi) is 4.43. The maximum atomic E-state index is 13.2. The highest BCUT2D eigenvalue weighted by Crippen LogP contribution is 2.69. The molecule has 1 saturated heterocycles. The van der Waals surface area contributed by atoms with Gasteiger partial charge in [0.15, 0.2) is 17.6 Å². The Morgan fingerprint density at radius 2 is 1.85 bits per heavy atom. The minimum Gasteiger partial charge on any atom is -0.493 e. The predicted molar refractivity (Wildman–Crippen MR) is 151 cm³/mol. The Labute approximate surface area is 229 Å². The first kappa shape index (κ1) is 22.5. The number of aromatic nitrogens is 1. The van der Waals surface area contributed by atoms with E-state index in [0.717, 1.165) is 49.9 Å². The van der Waals surface area contributed by atoms with Crippen LogP contribution in [-0.2, 0) is 24.8 Å². The van der Waals surface area contributed by atoms with E-state index < -0.39 is 11.0 Å². The molecular formula is C34H34N2O3. The predicted octanol–water partition coefficient (Wildman–Crippen LogP) is 5.40. The quantitative estimate of drug-likeness (QED) is 0.385. The molecule has 198 valence electrons. The maximum Gasteiger partial charge on any atom is 0.166 e. The van der Waals surface area contributed by atoms with E-state index in [1.165, 1.54) is 51.7 Å². The van der Waals surface area contributed by atoms with Crippen molar-refractivity contribution in [3.05, 3.63) is 94.7 Å². The number of hydrogen-bond acceptors (Lipinski definition) is 4. The zero-order valence-electron chi connectivity index (χ0n) is 22.4. The molecule has 2 fully saturated rings. The van der Waals surface area contributed by atoms with Crippen molar-refractivity contribution < 1.29 is 14.6 Å². The third-order valence-corrected chi connectivity index (χ3v) is 10.7. The van der Waals surface area contributed by atoms with Crippen LogP contribution < -0.4 is 9.47 Å². The molecule has 4 aromatic rings. The van der Waals surface area contributed by atoms with E-state index >= 15 is 0 Å². The third kappa shape index (κ3) is 2.78. The van der Waals surface area contributed by atoms with Crippen LogP contribution in [0.25, 0.3) is 10.9 Å². The van der Waals surface area contributed by atoms with Crippen molar-refractivity contribution in [1.82, 2.24) is 9.47 Å². The van der Waals surface area contributed by atoms with Crippen LogP contribution in [0.2, 0.25) is 0 Å². The number of methoxy groups -OCH3 is 1. The normalized spacial score (nSPS) is 30.1. The Hall–Kier alpha value is -3.28. The maximum absolute atomic E-state index is 13.2. The van der Waals surface area contributed by atoms with Gasteiger partial charge in [0.2, 0.25) is 0 Å². The first-order chi connectivity index (χ1) is 19.1. The lowest BCUT2D eigenvalue weighted by molar-refractivity contribution is -0.173. The molecule has 3 heterocycles. The highest BCUT2D eigenvalue weighted by molar-refractivity contribution is 5.87. The topological polar surface area (TPSA) is 46.9 Å². The van der Waals surface area contributed by atoms with Crippen molar-refractivity contribution >= 4 is 10.9 Å². The molecule has 5 heteroatoms. The molecule has 3 aliphatic carbocycles. The first-order valence-electron chi connectivity index (χ1n) is 14.6. The van der Waals surface area contributed by atoms with Gasteiger partial charge in [-0.2, -0.15) is 0 Å². The number of ether oxygens (including phenoxy) is 2. The van der Waals surface area contributed by atoms with Crippen LogP contribution in [0.1, 0.15) is 53.3 Å². The molecule has 5 aliphatic rings. The summed E-state index contributed by atoms with van der Waals surface area (Å²) in [5, 5.41) is 14.5. The molecule has 2 bridgehead atoms. The lowest BCUT2D eigenvalue weighted by Gasteiger charge is -2.63. The van der Waals surface area contributed by atoms with Crippen molar-refractivity contribution in [3.8, 4) is 11.5 Å². The molecule has 1 saturated carbocycles. The average molecular weight is 519 g/mol. The summed E-state index contributed by atoms with van der Waals surface area (Å²) in [4.78, 5) is 2.64. The lowest BCUT2D eigenvalue weighted by Crippen LogP contribution is -2.74. The van der Waals surface area contributed by atoms with Crippen LogP contribution >= 0.6 is 0 Å². The van der Waals surface area contributed by atoms with Crippen LogP contribution in [-0.4, -0.2) is 46.4 Å². The molecule has 1 spiro atoms. The lowest BCUT2D eigenvalue weighted by atomic mass is 9.49. The fourth-order valence-corrected chi connectivity index (χ4v) is 8.89. The van der Waals surface area contributed by atoms with Gasteiger partial charge in [-0.3, -0.25) is 4.90 Å². The Morgan fingerprint density at radius 3 is 2.67 bits per heavy atom. The summed E-state index contributed by atoms with van der Waals surface area (Å²) < 4.78 is 15.5. The second kappa shape index (κ2) is 7.67. The average Bonchev–Trinajstić information content (AvgIpc) is 3.64. The van der Waals surface area contributed by atoms with Gasteiger partial charge >= 0.3 is 0 Å². The summed E-state index contributed by atoms with van der Waals surface area (Å²) in [5.41, 5.74) is 6.17. The molecule has 3 aromatic carbocycles. The molecule has 1 N–H and O–H groups in total. The van der Waals surface area contributed by atoms with E-state index in [-0.39, 0.29) is 12.1 Å². The second-order valence-corrected chi connectivity index (χ2v) is 12.6. The van der Waals surface area contributed by atoms with Crippen LogP contribution in [0, 0.1) is 5.92 Å².